The molecule has 0 radical (unpaired) electrons. The normalized spacial score (nSPS) is 23.0. The summed E-state index contributed by atoms with van der Waals surface area (Å²) in [5, 5.41) is 28.8. The number of aliphatic hydroxyl groups excluding tert-OH is 2. The highest BCUT2D eigenvalue weighted by Gasteiger charge is 2.37. The summed E-state index contributed by atoms with van der Waals surface area (Å²) in [6, 6.07) is -1.36. The van der Waals surface area contributed by atoms with Gasteiger partial charge in [0, 0.05) is 18.6 Å². The standard InChI is InChI=1S/C18H31N5O6/c1-18(2,3)8-7-12(24)13(25)14(26)15(29-4)17(28)21-11-6-5-10(22-23-19)9-20-16(11)27/h10-13,15,24-25H,5-9H2,1-4H3,(H,20,27)(H,21,28)/t10-,11-,12+,13-,15?/m0/s1. The second-order valence-corrected chi connectivity index (χ2v) is 8.37. The van der Waals surface area contributed by atoms with Gasteiger partial charge in [0.25, 0.3) is 5.91 Å². The third kappa shape index (κ3) is 7.98. The van der Waals surface area contributed by atoms with E-state index in [-0.39, 0.29) is 24.8 Å². The Bertz CT molecular complexity index is 643. The number of aliphatic hydroxyl groups is 2. The largest absolute Gasteiger partial charge is 0.390 e. The molecule has 1 rings (SSSR count). The summed E-state index contributed by atoms with van der Waals surface area (Å²) in [6.07, 6.45) is -3.46. The van der Waals surface area contributed by atoms with Crippen LogP contribution in [0.1, 0.15) is 46.5 Å². The number of azide groups is 1. The van der Waals surface area contributed by atoms with Crippen LogP contribution < -0.4 is 10.6 Å². The predicted molar refractivity (Wildman–Crippen MR) is 104 cm³/mol. The average Bonchev–Trinajstić information content (AvgIpc) is 2.81. The SMILES string of the molecule is COC(C(=O)N[C@H]1CC[C@H](N=[N+]=[N-])CNC1=O)C(=O)[C@@H](O)[C@H](O)CCC(C)(C)C. The van der Waals surface area contributed by atoms with Crippen molar-refractivity contribution < 1.29 is 29.3 Å². The number of rotatable bonds is 9. The topological polar surface area (TPSA) is 174 Å². The van der Waals surface area contributed by atoms with Crippen molar-refractivity contribution in [1.29, 1.82) is 0 Å². The van der Waals surface area contributed by atoms with Gasteiger partial charge in [0.15, 0.2) is 6.10 Å². The zero-order valence-corrected chi connectivity index (χ0v) is 17.3. The van der Waals surface area contributed by atoms with E-state index in [1.807, 2.05) is 20.8 Å². The van der Waals surface area contributed by atoms with Gasteiger partial charge < -0.3 is 25.6 Å². The van der Waals surface area contributed by atoms with E-state index in [4.69, 9.17) is 10.3 Å². The first kappa shape index (κ1) is 24.8. The van der Waals surface area contributed by atoms with Gasteiger partial charge >= 0.3 is 0 Å². The van der Waals surface area contributed by atoms with Gasteiger partial charge in [-0.05, 0) is 36.6 Å². The van der Waals surface area contributed by atoms with Crippen molar-refractivity contribution in [2.24, 2.45) is 10.5 Å². The number of amides is 2. The van der Waals surface area contributed by atoms with Gasteiger partial charge in [-0.2, -0.15) is 0 Å². The van der Waals surface area contributed by atoms with Crippen molar-refractivity contribution in [2.45, 2.75) is 76.9 Å². The molecule has 1 aliphatic heterocycles. The van der Waals surface area contributed by atoms with Gasteiger partial charge in [0.2, 0.25) is 11.7 Å². The fourth-order valence-electron chi connectivity index (χ4n) is 2.93. The molecule has 4 N–H and O–H groups in total. The first-order chi connectivity index (χ1) is 13.5. The van der Waals surface area contributed by atoms with Crippen LogP contribution in [-0.2, 0) is 19.1 Å². The van der Waals surface area contributed by atoms with Crippen LogP contribution in [0.2, 0.25) is 0 Å². The summed E-state index contributed by atoms with van der Waals surface area (Å²) >= 11 is 0. The lowest BCUT2D eigenvalue weighted by Crippen LogP contribution is -2.53. The van der Waals surface area contributed by atoms with E-state index in [1.165, 1.54) is 0 Å². The zero-order chi connectivity index (χ0) is 22.2. The number of nitrogens with one attached hydrogen (secondary N) is 2. The van der Waals surface area contributed by atoms with Crippen LogP contribution in [0, 0.1) is 5.41 Å². The van der Waals surface area contributed by atoms with E-state index in [1.54, 1.807) is 0 Å². The van der Waals surface area contributed by atoms with Crippen molar-refractivity contribution >= 4 is 17.6 Å². The number of hydrogen-bond acceptors (Lipinski definition) is 7. The number of carbonyl (C=O) groups excluding carboxylic acids is 3. The summed E-state index contributed by atoms with van der Waals surface area (Å²) in [6.45, 7) is 6.04. The van der Waals surface area contributed by atoms with Crippen LogP contribution >= 0.6 is 0 Å². The quantitative estimate of drug-likeness (QED) is 0.182. The van der Waals surface area contributed by atoms with Gasteiger partial charge in [0.05, 0.1) is 12.1 Å². The maximum absolute atomic E-state index is 12.5. The number of ether oxygens (including phenoxy) is 1. The molecule has 11 nitrogen and oxygen atoms in total. The molecule has 1 aliphatic rings. The van der Waals surface area contributed by atoms with E-state index >= 15 is 0 Å². The zero-order valence-electron chi connectivity index (χ0n) is 17.3. The molecule has 0 spiro atoms. The number of hydrogen-bond donors (Lipinski definition) is 4. The highest BCUT2D eigenvalue weighted by Crippen LogP contribution is 2.23. The number of methoxy groups -OCH3 is 1. The number of carbonyl (C=O) groups is 3. The third-order valence-electron chi connectivity index (χ3n) is 4.73. The van der Waals surface area contributed by atoms with Gasteiger partial charge in [-0.15, -0.1) is 0 Å². The molecule has 0 aromatic rings. The van der Waals surface area contributed by atoms with Gasteiger partial charge in [-0.1, -0.05) is 25.9 Å². The van der Waals surface area contributed by atoms with Crippen LogP contribution in [0.4, 0.5) is 0 Å². The van der Waals surface area contributed by atoms with E-state index in [0.29, 0.717) is 12.8 Å². The Labute approximate surface area is 169 Å². The maximum atomic E-state index is 12.5. The second kappa shape index (κ2) is 11.1. The van der Waals surface area contributed by atoms with Crippen LogP contribution in [0.15, 0.2) is 5.11 Å². The van der Waals surface area contributed by atoms with Gasteiger partial charge in [0.1, 0.15) is 12.1 Å². The first-order valence-electron chi connectivity index (χ1n) is 9.55. The minimum atomic E-state index is -1.79. The summed E-state index contributed by atoms with van der Waals surface area (Å²) in [7, 11) is 1.13. The highest BCUT2D eigenvalue weighted by atomic mass is 16.5. The fraction of sp³-hybridized carbons (Fsp3) is 0.833. The number of ketones is 1. The minimum Gasteiger partial charge on any atom is -0.390 e. The van der Waals surface area contributed by atoms with E-state index in [0.717, 1.165) is 7.11 Å². The van der Waals surface area contributed by atoms with Crippen molar-refractivity contribution in [1.82, 2.24) is 10.6 Å². The molecule has 1 saturated heterocycles. The predicted octanol–water partition coefficient (Wildman–Crippen LogP) is 0.192. The monoisotopic (exact) mass is 413 g/mol. The maximum Gasteiger partial charge on any atom is 0.257 e. The second-order valence-electron chi connectivity index (χ2n) is 8.37. The Morgan fingerprint density at radius 1 is 1.38 bits per heavy atom. The smallest absolute Gasteiger partial charge is 0.257 e. The van der Waals surface area contributed by atoms with Crippen molar-refractivity contribution in [3.05, 3.63) is 10.4 Å². The molecule has 2 amide bonds. The molecule has 29 heavy (non-hydrogen) atoms. The molecule has 1 unspecified atom stereocenters. The lowest BCUT2D eigenvalue weighted by Gasteiger charge is -2.25. The van der Waals surface area contributed by atoms with Crippen LogP contribution in [-0.4, -0.2) is 71.9 Å². The van der Waals surface area contributed by atoms with Crippen LogP contribution in [0.25, 0.3) is 10.4 Å². The lowest BCUT2D eigenvalue weighted by atomic mass is 9.87. The Morgan fingerprint density at radius 3 is 2.59 bits per heavy atom. The van der Waals surface area contributed by atoms with Crippen molar-refractivity contribution in [3.8, 4) is 0 Å². The molecule has 0 aliphatic carbocycles. The molecule has 5 atom stereocenters. The van der Waals surface area contributed by atoms with E-state index < -0.39 is 48.0 Å². The molecular formula is C18H31N5O6. The molecule has 11 heteroatoms. The molecule has 0 aromatic carbocycles. The fourth-order valence-corrected chi connectivity index (χ4v) is 2.93. The Kier molecular flexibility index (Phi) is 9.51. The number of nitrogens with zero attached hydrogens (tertiary/aromatic N) is 3. The summed E-state index contributed by atoms with van der Waals surface area (Å²) in [5.41, 5.74) is 8.42. The van der Waals surface area contributed by atoms with E-state index in [2.05, 4.69) is 20.7 Å². The third-order valence-corrected chi connectivity index (χ3v) is 4.73. The molecule has 1 fully saturated rings. The Hall–Kier alpha value is -2.20. The van der Waals surface area contributed by atoms with Crippen LogP contribution in [0.5, 0.6) is 0 Å². The summed E-state index contributed by atoms with van der Waals surface area (Å²) in [4.78, 5) is 39.8. The summed E-state index contributed by atoms with van der Waals surface area (Å²) in [5.74, 6) is -2.34. The van der Waals surface area contributed by atoms with Gasteiger partial charge in [-0.25, -0.2) is 0 Å². The van der Waals surface area contributed by atoms with Crippen LogP contribution in [0.3, 0.4) is 0 Å². The average molecular weight is 413 g/mol. The molecule has 0 bridgehead atoms. The molecular weight excluding hydrogens is 382 g/mol. The number of Topliss-reactive ketones (excluding diaryl/α,β-unsaturated/α-hetero) is 1. The van der Waals surface area contributed by atoms with E-state index in [9.17, 15) is 24.6 Å². The van der Waals surface area contributed by atoms with Gasteiger partial charge in [-0.3, -0.25) is 14.4 Å². The molecule has 164 valence electrons. The molecule has 1 heterocycles. The first-order valence-corrected chi connectivity index (χ1v) is 9.55. The summed E-state index contributed by atoms with van der Waals surface area (Å²) < 4.78 is 4.93. The molecule has 0 saturated carbocycles. The Morgan fingerprint density at radius 2 is 2.03 bits per heavy atom. The Balaban J connectivity index is 2.73. The molecule has 0 aromatic heterocycles. The van der Waals surface area contributed by atoms with Crippen molar-refractivity contribution in [2.75, 3.05) is 13.7 Å². The van der Waals surface area contributed by atoms with Crippen molar-refractivity contribution in [3.63, 3.8) is 0 Å². The minimum absolute atomic E-state index is 0.0952. The lowest BCUT2D eigenvalue weighted by molar-refractivity contribution is -0.152. The highest BCUT2D eigenvalue weighted by molar-refractivity contribution is 6.07.